The summed E-state index contributed by atoms with van der Waals surface area (Å²) in [6.45, 7) is 6.17. The number of carbonyl (C=O) groups excluding carboxylic acids is 2. The van der Waals surface area contributed by atoms with Crippen LogP contribution in [-0.2, 0) is 17.8 Å². The van der Waals surface area contributed by atoms with E-state index in [0.29, 0.717) is 5.56 Å². The molecule has 2 N–H and O–H groups in total. The maximum Gasteiger partial charge on any atom is 0.269 e. The number of nitrogens with one attached hydrogen (secondary N) is 2. The van der Waals surface area contributed by atoms with E-state index in [1.807, 2.05) is 54.8 Å². The van der Waals surface area contributed by atoms with Crippen LogP contribution in [0.25, 0.3) is 11.0 Å². The summed E-state index contributed by atoms with van der Waals surface area (Å²) in [6, 6.07) is 13.2. The molecule has 0 unspecified atom stereocenters. The predicted molar refractivity (Wildman–Crippen MR) is 110 cm³/mol. The number of fused-ring (bicyclic) bond motifs is 1. The summed E-state index contributed by atoms with van der Waals surface area (Å²) in [7, 11) is 0. The summed E-state index contributed by atoms with van der Waals surface area (Å²) in [6.07, 6.45) is 2.88. The van der Waals surface area contributed by atoms with Gasteiger partial charge in [-0.15, -0.1) is 0 Å². The molecule has 0 fully saturated rings. The fraction of sp³-hybridized carbons (Fsp3) is 0.318. The van der Waals surface area contributed by atoms with Crippen LogP contribution in [0.4, 0.5) is 0 Å². The number of para-hydroxylation sites is 2. The third-order valence-electron chi connectivity index (χ3n) is 4.87. The number of hydrogen-bond acceptors (Lipinski definition) is 3. The highest BCUT2D eigenvalue weighted by Crippen LogP contribution is 2.17. The maximum atomic E-state index is 12.5. The second-order valence-corrected chi connectivity index (χ2v) is 7.01. The smallest absolute Gasteiger partial charge is 0.269 e. The average Bonchev–Trinajstić information content (AvgIpc) is 3.04. The summed E-state index contributed by atoms with van der Waals surface area (Å²) in [5.41, 5.74) is 9.47. The number of hydrazine groups is 1. The SMILES string of the molecule is CCCCc1nc2ccccc2n1CC(=O)NNC(=O)c1ccc(C)c(C)c1. The van der Waals surface area contributed by atoms with Gasteiger partial charge in [-0.3, -0.25) is 20.4 Å². The minimum absolute atomic E-state index is 0.104. The summed E-state index contributed by atoms with van der Waals surface area (Å²) in [4.78, 5) is 29.4. The number of imidazole rings is 1. The largest absolute Gasteiger partial charge is 0.318 e. The number of hydrogen-bond donors (Lipinski definition) is 2. The van der Waals surface area contributed by atoms with E-state index in [0.717, 1.165) is 47.2 Å². The monoisotopic (exact) mass is 378 g/mol. The summed E-state index contributed by atoms with van der Waals surface area (Å²) in [5.74, 6) is 0.259. The number of benzene rings is 2. The van der Waals surface area contributed by atoms with E-state index in [1.165, 1.54) is 0 Å². The number of aryl methyl sites for hydroxylation is 3. The minimum atomic E-state index is -0.335. The van der Waals surface area contributed by atoms with Crippen molar-refractivity contribution in [3.05, 3.63) is 65.0 Å². The van der Waals surface area contributed by atoms with Gasteiger partial charge in [0.05, 0.1) is 11.0 Å². The van der Waals surface area contributed by atoms with E-state index in [4.69, 9.17) is 0 Å². The molecule has 0 bridgehead atoms. The average molecular weight is 378 g/mol. The fourth-order valence-electron chi connectivity index (χ4n) is 3.09. The first-order chi connectivity index (χ1) is 13.5. The summed E-state index contributed by atoms with van der Waals surface area (Å²) < 4.78 is 1.92. The molecule has 3 rings (SSSR count). The number of aromatic nitrogens is 2. The molecule has 0 aliphatic rings. The first-order valence-electron chi connectivity index (χ1n) is 9.60. The second-order valence-electron chi connectivity index (χ2n) is 7.01. The Kier molecular flexibility index (Phi) is 6.09. The van der Waals surface area contributed by atoms with E-state index < -0.39 is 0 Å². The van der Waals surface area contributed by atoms with Gasteiger partial charge in [0.1, 0.15) is 12.4 Å². The first-order valence-corrected chi connectivity index (χ1v) is 9.60. The Bertz CT molecular complexity index is 1010. The van der Waals surface area contributed by atoms with E-state index in [2.05, 4.69) is 22.8 Å². The fourth-order valence-corrected chi connectivity index (χ4v) is 3.09. The molecule has 0 saturated carbocycles. The van der Waals surface area contributed by atoms with Gasteiger partial charge in [0.25, 0.3) is 11.8 Å². The number of rotatable bonds is 6. The highest BCUT2D eigenvalue weighted by Gasteiger charge is 2.14. The number of unbranched alkanes of at least 4 members (excludes halogenated alkanes) is 1. The van der Waals surface area contributed by atoms with Crippen LogP contribution >= 0.6 is 0 Å². The van der Waals surface area contributed by atoms with Crippen molar-refractivity contribution < 1.29 is 9.59 Å². The van der Waals surface area contributed by atoms with Crippen molar-refractivity contribution in [3.8, 4) is 0 Å². The van der Waals surface area contributed by atoms with Crippen molar-refractivity contribution >= 4 is 22.8 Å². The van der Waals surface area contributed by atoms with Gasteiger partial charge in [0, 0.05) is 12.0 Å². The van der Waals surface area contributed by atoms with Gasteiger partial charge in [-0.25, -0.2) is 4.98 Å². The molecule has 3 aromatic rings. The zero-order chi connectivity index (χ0) is 20.1. The minimum Gasteiger partial charge on any atom is -0.318 e. The van der Waals surface area contributed by atoms with E-state index in [-0.39, 0.29) is 18.4 Å². The third kappa shape index (κ3) is 4.39. The molecule has 1 heterocycles. The highest BCUT2D eigenvalue weighted by atomic mass is 16.2. The van der Waals surface area contributed by atoms with Crippen LogP contribution in [0.3, 0.4) is 0 Å². The number of carbonyl (C=O) groups is 2. The summed E-state index contributed by atoms with van der Waals surface area (Å²) in [5, 5.41) is 0. The van der Waals surface area contributed by atoms with E-state index in [9.17, 15) is 9.59 Å². The normalized spacial score (nSPS) is 10.8. The third-order valence-corrected chi connectivity index (χ3v) is 4.87. The lowest BCUT2D eigenvalue weighted by atomic mass is 10.1. The molecule has 6 nitrogen and oxygen atoms in total. The quantitative estimate of drug-likeness (QED) is 0.645. The Balaban J connectivity index is 1.69. The van der Waals surface area contributed by atoms with Crippen molar-refractivity contribution in [2.75, 3.05) is 0 Å². The van der Waals surface area contributed by atoms with Crippen LogP contribution < -0.4 is 10.9 Å². The van der Waals surface area contributed by atoms with Gasteiger partial charge < -0.3 is 4.57 Å². The molecule has 2 amide bonds. The molecular formula is C22H26N4O2. The molecule has 28 heavy (non-hydrogen) atoms. The summed E-state index contributed by atoms with van der Waals surface area (Å²) >= 11 is 0. The Morgan fingerprint density at radius 2 is 1.82 bits per heavy atom. The molecular weight excluding hydrogens is 352 g/mol. The number of nitrogens with zero attached hydrogens (tertiary/aromatic N) is 2. The highest BCUT2D eigenvalue weighted by molar-refractivity contribution is 5.95. The van der Waals surface area contributed by atoms with Gasteiger partial charge in [-0.2, -0.15) is 0 Å². The molecule has 0 radical (unpaired) electrons. The van der Waals surface area contributed by atoms with Crippen molar-refractivity contribution in [3.63, 3.8) is 0 Å². The molecule has 0 spiro atoms. The Morgan fingerprint density at radius 3 is 2.57 bits per heavy atom. The molecule has 146 valence electrons. The van der Waals surface area contributed by atoms with Gasteiger partial charge in [0.15, 0.2) is 0 Å². The molecule has 1 aromatic heterocycles. The molecule has 2 aromatic carbocycles. The van der Waals surface area contributed by atoms with Crippen molar-refractivity contribution in [2.24, 2.45) is 0 Å². The predicted octanol–water partition coefficient (Wildman–Crippen LogP) is 3.46. The zero-order valence-electron chi connectivity index (χ0n) is 16.6. The maximum absolute atomic E-state index is 12.5. The Labute approximate surface area is 164 Å². The topological polar surface area (TPSA) is 76.0 Å². The van der Waals surface area contributed by atoms with Gasteiger partial charge in [-0.05, 0) is 55.7 Å². The lowest BCUT2D eigenvalue weighted by molar-refractivity contribution is -0.122. The molecule has 0 aliphatic heterocycles. The van der Waals surface area contributed by atoms with Crippen molar-refractivity contribution in [1.82, 2.24) is 20.4 Å². The Hall–Kier alpha value is -3.15. The lowest BCUT2D eigenvalue weighted by Crippen LogP contribution is -2.43. The van der Waals surface area contributed by atoms with Crippen LogP contribution in [0.1, 0.15) is 47.1 Å². The Morgan fingerprint density at radius 1 is 1.04 bits per heavy atom. The first kappa shape index (κ1) is 19.6. The van der Waals surface area contributed by atoms with Crippen molar-refractivity contribution in [2.45, 2.75) is 46.6 Å². The molecule has 0 atom stereocenters. The lowest BCUT2D eigenvalue weighted by Gasteiger charge is -2.11. The van der Waals surface area contributed by atoms with Crippen molar-refractivity contribution in [1.29, 1.82) is 0 Å². The standard InChI is InChI=1S/C22H26N4O2/c1-4-5-10-20-23-18-8-6-7-9-19(18)26(20)14-21(27)24-25-22(28)17-12-11-15(2)16(3)13-17/h6-9,11-13H,4-5,10,14H2,1-3H3,(H,24,27)(H,25,28). The number of amides is 2. The zero-order valence-corrected chi connectivity index (χ0v) is 16.6. The molecule has 6 heteroatoms. The van der Waals surface area contributed by atoms with Crippen LogP contribution in [0, 0.1) is 13.8 Å². The molecule has 0 aliphatic carbocycles. The second kappa shape index (κ2) is 8.69. The van der Waals surface area contributed by atoms with Gasteiger partial charge in [-0.1, -0.05) is 31.5 Å². The van der Waals surface area contributed by atoms with Crippen LogP contribution in [0.2, 0.25) is 0 Å². The van der Waals surface area contributed by atoms with Gasteiger partial charge in [0.2, 0.25) is 0 Å². The van der Waals surface area contributed by atoms with Crippen LogP contribution in [0.15, 0.2) is 42.5 Å². The van der Waals surface area contributed by atoms with E-state index in [1.54, 1.807) is 6.07 Å². The van der Waals surface area contributed by atoms with Crippen LogP contribution in [-0.4, -0.2) is 21.4 Å². The molecule has 0 saturated heterocycles. The van der Waals surface area contributed by atoms with E-state index >= 15 is 0 Å². The van der Waals surface area contributed by atoms with Crippen LogP contribution in [0.5, 0.6) is 0 Å². The van der Waals surface area contributed by atoms with Gasteiger partial charge >= 0.3 is 0 Å².